The molecule has 1 aromatic carbocycles. The second-order valence-corrected chi connectivity index (χ2v) is 6.97. The number of aliphatic hydroxyl groups excluding tert-OH is 1. The zero-order valence-electron chi connectivity index (χ0n) is 10.3. The van der Waals surface area contributed by atoms with E-state index in [0.29, 0.717) is 5.56 Å². The van der Waals surface area contributed by atoms with Crippen molar-refractivity contribution < 1.29 is 17.9 Å². The average molecular weight is 273 g/mol. The Balaban J connectivity index is 2.25. The first-order chi connectivity index (χ1) is 8.26. The molecule has 0 aliphatic heterocycles. The van der Waals surface area contributed by atoms with Crippen molar-refractivity contribution >= 4 is 10.0 Å². The molecule has 6 heteroatoms. The molecule has 0 heterocycles. The molecule has 1 unspecified atom stereocenters. The fourth-order valence-corrected chi connectivity index (χ4v) is 3.25. The minimum absolute atomic E-state index is 0.0609. The minimum atomic E-state index is -3.83. The van der Waals surface area contributed by atoms with Crippen molar-refractivity contribution in [2.75, 3.05) is 0 Å². The Morgan fingerprint density at radius 3 is 2.56 bits per heavy atom. The van der Waals surface area contributed by atoms with Gasteiger partial charge < -0.3 is 5.11 Å². The molecule has 0 aromatic heterocycles. The normalized spacial score (nSPS) is 21.9. The van der Waals surface area contributed by atoms with Crippen LogP contribution in [0.25, 0.3) is 0 Å². The predicted octanol–water partition coefficient (Wildman–Crippen LogP) is 1.39. The number of halogens is 1. The second-order valence-electron chi connectivity index (χ2n) is 5.29. The van der Waals surface area contributed by atoms with Crippen LogP contribution in [0.2, 0.25) is 0 Å². The fraction of sp³-hybridized carbons (Fsp3) is 0.500. The highest BCUT2D eigenvalue weighted by Gasteiger charge is 2.48. The summed E-state index contributed by atoms with van der Waals surface area (Å²) >= 11 is 0. The zero-order valence-corrected chi connectivity index (χ0v) is 11.1. The number of hydrogen-bond acceptors (Lipinski definition) is 3. The van der Waals surface area contributed by atoms with Crippen molar-refractivity contribution in [3.8, 4) is 0 Å². The lowest BCUT2D eigenvalue weighted by molar-refractivity contribution is 0.281. The van der Waals surface area contributed by atoms with Crippen LogP contribution in [0, 0.1) is 11.2 Å². The Hall–Kier alpha value is -0.980. The van der Waals surface area contributed by atoms with Gasteiger partial charge in [-0.05, 0) is 29.5 Å². The van der Waals surface area contributed by atoms with Gasteiger partial charge in [-0.25, -0.2) is 17.5 Å². The van der Waals surface area contributed by atoms with Crippen LogP contribution in [-0.2, 0) is 16.6 Å². The van der Waals surface area contributed by atoms with Crippen molar-refractivity contribution in [3.05, 3.63) is 29.6 Å². The molecular weight excluding hydrogens is 257 g/mol. The van der Waals surface area contributed by atoms with Gasteiger partial charge in [0, 0.05) is 6.04 Å². The molecule has 0 spiro atoms. The van der Waals surface area contributed by atoms with E-state index >= 15 is 0 Å². The minimum Gasteiger partial charge on any atom is -0.392 e. The molecule has 100 valence electrons. The van der Waals surface area contributed by atoms with Crippen LogP contribution in [0.1, 0.15) is 25.8 Å². The molecule has 4 nitrogen and oxygen atoms in total. The summed E-state index contributed by atoms with van der Waals surface area (Å²) in [6, 6.07) is 3.47. The van der Waals surface area contributed by atoms with Crippen molar-refractivity contribution in [1.29, 1.82) is 0 Å². The largest absolute Gasteiger partial charge is 0.392 e. The molecule has 2 rings (SSSR count). The Morgan fingerprint density at radius 1 is 1.50 bits per heavy atom. The smallest absolute Gasteiger partial charge is 0.243 e. The molecule has 0 radical (unpaired) electrons. The topological polar surface area (TPSA) is 66.4 Å². The number of nitrogens with one attached hydrogen (secondary N) is 1. The number of aliphatic hydroxyl groups is 1. The van der Waals surface area contributed by atoms with Crippen molar-refractivity contribution in [3.63, 3.8) is 0 Å². The van der Waals surface area contributed by atoms with Crippen molar-refractivity contribution in [2.24, 2.45) is 5.41 Å². The maximum absolute atomic E-state index is 13.7. The van der Waals surface area contributed by atoms with Crippen LogP contribution in [0.3, 0.4) is 0 Å². The van der Waals surface area contributed by atoms with E-state index < -0.39 is 15.8 Å². The molecule has 0 bridgehead atoms. The lowest BCUT2D eigenvalue weighted by atomic mass is 10.2. The number of sulfonamides is 1. The van der Waals surface area contributed by atoms with Crippen LogP contribution in [0.15, 0.2) is 23.1 Å². The molecule has 1 aromatic rings. The van der Waals surface area contributed by atoms with Crippen LogP contribution in [0.5, 0.6) is 0 Å². The molecule has 0 amide bonds. The fourth-order valence-electron chi connectivity index (χ4n) is 1.78. The number of hydrogen-bond donors (Lipinski definition) is 2. The van der Waals surface area contributed by atoms with Crippen molar-refractivity contribution in [2.45, 2.75) is 37.8 Å². The van der Waals surface area contributed by atoms with E-state index in [1.807, 2.05) is 13.8 Å². The van der Waals surface area contributed by atoms with Crippen LogP contribution in [-0.4, -0.2) is 19.6 Å². The monoisotopic (exact) mass is 273 g/mol. The third-order valence-electron chi connectivity index (χ3n) is 3.28. The molecule has 2 N–H and O–H groups in total. The number of benzene rings is 1. The lowest BCUT2D eigenvalue weighted by Crippen LogP contribution is -2.29. The Labute approximate surface area is 106 Å². The van der Waals surface area contributed by atoms with Gasteiger partial charge in [0.1, 0.15) is 10.7 Å². The summed E-state index contributed by atoms with van der Waals surface area (Å²) in [4.78, 5) is -0.373. The van der Waals surface area contributed by atoms with Gasteiger partial charge in [-0.2, -0.15) is 0 Å². The molecule has 0 saturated heterocycles. The lowest BCUT2D eigenvalue weighted by Gasteiger charge is -2.09. The van der Waals surface area contributed by atoms with Gasteiger partial charge in [0.25, 0.3) is 0 Å². The van der Waals surface area contributed by atoms with Gasteiger partial charge in [0.05, 0.1) is 6.61 Å². The highest BCUT2D eigenvalue weighted by Crippen LogP contribution is 2.45. The van der Waals surface area contributed by atoms with E-state index in [9.17, 15) is 12.8 Å². The molecule has 1 atom stereocenters. The van der Waals surface area contributed by atoms with E-state index in [0.717, 1.165) is 12.5 Å². The molecule has 18 heavy (non-hydrogen) atoms. The summed E-state index contributed by atoms with van der Waals surface area (Å²) in [5.74, 6) is -0.840. The average Bonchev–Trinajstić information content (AvgIpc) is 2.84. The summed E-state index contributed by atoms with van der Waals surface area (Å²) in [6.07, 6.45) is 0.753. The summed E-state index contributed by atoms with van der Waals surface area (Å²) in [7, 11) is -3.83. The van der Waals surface area contributed by atoms with Gasteiger partial charge in [0.2, 0.25) is 10.0 Å². The molecular formula is C12H16FNO3S. The maximum atomic E-state index is 13.7. The molecule has 1 aliphatic rings. The Morgan fingerprint density at radius 2 is 2.11 bits per heavy atom. The predicted molar refractivity (Wildman–Crippen MR) is 64.8 cm³/mol. The van der Waals surface area contributed by atoms with Crippen LogP contribution in [0.4, 0.5) is 4.39 Å². The second kappa shape index (κ2) is 4.29. The first-order valence-corrected chi connectivity index (χ1v) is 7.16. The van der Waals surface area contributed by atoms with Crippen LogP contribution < -0.4 is 4.72 Å². The molecule has 1 fully saturated rings. The molecule has 1 saturated carbocycles. The van der Waals surface area contributed by atoms with Crippen LogP contribution >= 0.6 is 0 Å². The quantitative estimate of drug-likeness (QED) is 0.871. The number of rotatable bonds is 4. The van der Waals surface area contributed by atoms with Gasteiger partial charge in [-0.15, -0.1) is 0 Å². The summed E-state index contributed by atoms with van der Waals surface area (Å²) in [5, 5.41) is 8.85. The highest BCUT2D eigenvalue weighted by molar-refractivity contribution is 7.89. The Bertz CT molecular complexity index is 569. The standard InChI is InChI=1S/C12H16FNO3S/c1-12(2)6-11(12)14-18(16,17)10-4-3-8(7-15)5-9(10)13/h3-5,11,14-15H,6-7H2,1-2H3. The third kappa shape index (κ3) is 2.55. The van der Waals surface area contributed by atoms with Gasteiger partial charge in [0.15, 0.2) is 0 Å². The SMILES string of the molecule is CC1(C)CC1NS(=O)(=O)c1ccc(CO)cc1F. The Kier molecular flexibility index (Phi) is 3.21. The van der Waals surface area contributed by atoms with E-state index in [4.69, 9.17) is 5.11 Å². The van der Waals surface area contributed by atoms with E-state index in [-0.39, 0.29) is 23.0 Å². The van der Waals surface area contributed by atoms with Crippen molar-refractivity contribution in [1.82, 2.24) is 4.72 Å². The van der Waals surface area contributed by atoms with Gasteiger partial charge in [-0.3, -0.25) is 0 Å². The van der Waals surface area contributed by atoms with Gasteiger partial charge in [-0.1, -0.05) is 19.9 Å². The van der Waals surface area contributed by atoms with Gasteiger partial charge >= 0.3 is 0 Å². The highest BCUT2D eigenvalue weighted by atomic mass is 32.2. The molecule has 1 aliphatic carbocycles. The summed E-state index contributed by atoms with van der Waals surface area (Å²) in [6.45, 7) is 3.58. The van der Waals surface area contributed by atoms with E-state index in [2.05, 4.69) is 4.72 Å². The first-order valence-electron chi connectivity index (χ1n) is 5.68. The zero-order chi connectivity index (χ0) is 13.6. The summed E-state index contributed by atoms with van der Waals surface area (Å²) < 4.78 is 40.1. The third-order valence-corrected chi connectivity index (χ3v) is 4.78. The summed E-state index contributed by atoms with van der Waals surface area (Å²) in [5.41, 5.74) is 0.285. The van der Waals surface area contributed by atoms with E-state index in [1.165, 1.54) is 12.1 Å². The maximum Gasteiger partial charge on any atom is 0.243 e. The first kappa shape index (κ1) is 13.5. The van der Waals surface area contributed by atoms with E-state index in [1.54, 1.807) is 0 Å².